The van der Waals surface area contributed by atoms with Crippen LogP contribution in [0.3, 0.4) is 0 Å². The number of nitrogens with zero attached hydrogens (tertiary/aromatic N) is 6. The molecule has 10 nitrogen and oxygen atoms in total. The van der Waals surface area contributed by atoms with Crippen molar-refractivity contribution in [3.63, 3.8) is 0 Å². The molecule has 0 bridgehead atoms. The molecule has 4 atom stereocenters. The fraction of sp³-hybridized carbons (Fsp3) is 1.00. The molecule has 0 aliphatic carbocycles. The van der Waals surface area contributed by atoms with Crippen LogP contribution in [-0.4, -0.2) is 51.1 Å². The number of hydrogen-bond acceptors (Lipinski definition) is 6. The summed E-state index contributed by atoms with van der Waals surface area (Å²) in [6.07, 6.45) is -1.21. The van der Waals surface area contributed by atoms with Gasteiger partial charge in [0.25, 0.3) is 0 Å². The molecule has 0 radical (unpaired) electrons. The van der Waals surface area contributed by atoms with Crippen molar-refractivity contribution >= 4 is 0 Å². The van der Waals surface area contributed by atoms with E-state index in [1.807, 2.05) is 0 Å². The quantitative estimate of drug-likeness (QED) is 0.419. The Bertz CT molecular complexity index is 395. The molecule has 0 spiro atoms. The molecule has 2 unspecified atom stereocenters. The Hall–Kier alpha value is -1.54. The fourth-order valence-corrected chi connectivity index (χ4v) is 1.95. The van der Waals surface area contributed by atoms with Gasteiger partial charge in [0.15, 0.2) is 0 Å². The van der Waals surface area contributed by atoms with Crippen LogP contribution in [0.25, 0.3) is 20.9 Å². The van der Waals surface area contributed by atoms with Gasteiger partial charge in [0.05, 0.1) is 25.3 Å². The third-order valence-electron chi connectivity index (χ3n) is 3.42. The lowest BCUT2D eigenvalue weighted by Crippen LogP contribution is -2.66. The lowest BCUT2D eigenvalue weighted by Gasteiger charge is -2.51. The van der Waals surface area contributed by atoms with Crippen LogP contribution in [0.5, 0.6) is 0 Å². The smallest absolute Gasteiger partial charge is 0.220 e. The molecule has 20 heavy (non-hydrogen) atoms. The second-order valence-corrected chi connectivity index (χ2v) is 4.44. The Morgan fingerprint density at radius 2 is 1.30 bits per heavy atom. The third kappa shape index (κ3) is 3.13. The van der Waals surface area contributed by atoms with Crippen LogP contribution in [0.15, 0.2) is 10.2 Å². The van der Waals surface area contributed by atoms with Gasteiger partial charge in [-0.1, -0.05) is 10.2 Å². The van der Waals surface area contributed by atoms with E-state index in [9.17, 15) is 0 Å². The van der Waals surface area contributed by atoms with E-state index < -0.39 is 23.8 Å². The van der Waals surface area contributed by atoms with Gasteiger partial charge in [-0.2, -0.15) is 0 Å². The van der Waals surface area contributed by atoms with E-state index in [1.54, 1.807) is 13.8 Å². The van der Waals surface area contributed by atoms with Crippen LogP contribution in [0.1, 0.15) is 13.8 Å². The number of methoxy groups -OCH3 is 2. The highest BCUT2D eigenvalue weighted by Gasteiger charge is 2.56. The topological polar surface area (TPSA) is 134 Å². The molecule has 0 aromatic rings. The highest BCUT2D eigenvalue weighted by molar-refractivity contribution is 4.92. The first-order chi connectivity index (χ1) is 9.46. The minimum atomic E-state index is -1.19. The summed E-state index contributed by atoms with van der Waals surface area (Å²) < 4.78 is 22.3. The maximum Gasteiger partial charge on any atom is 0.220 e. The average molecular weight is 286 g/mol. The second kappa shape index (κ2) is 6.76. The molecule has 1 fully saturated rings. The van der Waals surface area contributed by atoms with Crippen molar-refractivity contribution < 1.29 is 18.9 Å². The summed E-state index contributed by atoms with van der Waals surface area (Å²) in [5, 5.41) is 6.94. The van der Waals surface area contributed by atoms with Crippen molar-refractivity contribution in [3.05, 3.63) is 20.9 Å². The predicted molar refractivity (Wildman–Crippen MR) is 68.6 cm³/mol. The maximum absolute atomic E-state index is 8.42. The van der Waals surface area contributed by atoms with Crippen LogP contribution in [-0.2, 0) is 18.9 Å². The number of rotatable bonds is 6. The number of hydrogen-bond donors (Lipinski definition) is 0. The van der Waals surface area contributed by atoms with Crippen molar-refractivity contribution in [1.82, 2.24) is 0 Å². The molecule has 1 aliphatic heterocycles. The van der Waals surface area contributed by atoms with Gasteiger partial charge in [0, 0.05) is 24.0 Å². The molecule has 112 valence electrons. The molecular weight excluding hydrogens is 268 g/mol. The highest BCUT2D eigenvalue weighted by atomic mass is 16.8. The zero-order chi connectivity index (χ0) is 15.2. The van der Waals surface area contributed by atoms with Crippen molar-refractivity contribution in [2.45, 2.75) is 37.6 Å². The van der Waals surface area contributed by atoms with Crippen LogP contribution in [0.4, 0.5) is 0 Å². The minimum absolute atomic E-state index is 0.0286. The predicted octanol–water partition coefficient (Wildman–Crippen LogP) is 2.12. The zero-order valence-corrected chi connectivity index (χ0v) is 11.9. The maximum atomic E-state index is 8.42. The van der Waals surface area contributed by atoms with E-state index in [-0.39, 0.29) is 13.1 Å². The second-order valence-electron chi connectivity index (χ2n) is 4.44. The standard InChI is InChI=1S/C10H18N6O4/c1-9(17-3)10(2,18-4)20-8(6-14-16-12)7(19-9)5-13-15-11/h7-8H,5-6H2,1-4H3/t7?,8?,9-,10-/m1/s1. The molecule has 0 saturated carbocycles. The SMILES string of the molecule is CO[C@]1(C)OC(CN=[N+]=[N-])C(CN=[N+]=[N-])O[C@@]1(C)OC. The largest absolute Gasteiger partial charge is 0.349 e. The number of azide groups is 2. The molecule has 0 aromatic heterocycles. The van der Waals surface area contributed by atoms with Gasteiger partial charge >= 0.3 is 0 Å². The Kier molecular flexibility index (Phi) is 5.58. The lowest BCUT2D eigenvalue weighted by molar-refractivity contribution is -0.445. The van der Waals surface area contributed by atoms with Gasteiger partial charge in [-0.25, -0.2) is 0 Å². The molecule has 10 heteroatoms. The van der Waals surface area contributed by atoms with E-state index in [4.69, 9.17) is 30.0 Å². The molecule has 0 N–H and O–H groups in total. The van der Waals surface area contributed by atoms with Crippen LogP contribution >= 0.6 is 0 Å². The van der Waals surface area contributed by atoms with Crippen molar-refractivity contribution in [1.29, 1.82) is 0 Å². The normalized spacial score (nSPS) is 36.8. The van der Waals surface area contributed by atoms with Gasteiger partial charge < -0.3 is 18.9 Å². The van der Waals surface area contributed by atoms with Gasteiger partial charge in [-0.15, -0.1) is 0 Å². The van der Waals surface area contributed by atoms with Gasteiger partial charge in [-0.05, 0) is 24.9 Å². The molecule has 1 rings (SSSR count). The van der Waals surface area contributed by atoms with E-state index in [0.717, 1.165) is 0 Å². The Labute approximate surface area is 116 Å². The van der Waals surface area contributed by atoms with Crippen LogP contribution in [0.2, 0.25) is 0 Å². The summed E-state index contributed by atoms with van der Waals surface area (Å²) in [4.78, 5) is 5.38. The van der Waals surface area contributed by atoms with Gasteiger partial charge in [0.1, 0.15) is 0 Å². The minimum Gasteiger partial charge on any atom is -0.349 e. The summed E-state index contributed by atoms with van der Waals surface area (Å²) in [5.41, 5.74) is 16.8. The molecule has 1 heterocycles. The Morgan fingerprint density at radius 1 is 0.950 bits per heavy atom. The summed E-state index contributed by atoms with van der Waals surface area (Å²) in [6, 6.07) is 0. The first kappa shape index (κ1) is 16.5. The monoisotopic (exact) mass is 286 g/mol. The van der Waals surface area contributed by atoms with E-state index in [2.05, 4.69) is 20.1 Å². The molecular formula is C10H18N6O4. The molecule has 1 saturated heterocycles. The van der Waals surface area contributed by atoms with Crippen molar-refractivity contribution in [2.24, 2.45) is 10.2 Å². The first-order valence-electron chi connectivity index (χ1n) is 5.94. The number of ether oxygens (including phenoxy) is 4. The summed E-state index contributed by atoms with van der Waals surface area (Å²) in [7, 11) is 2.91. The zero-order valence-electron chi connectivity index (χ0n) is 11.9. The average Bonchev–Trinajstić information content (AvgIpc) is 2.46. The summed E-state index contributed by atoms with van der Waals surface area (Å²) in [5.74, 6) is -2.38. The third-order valence-corrected chi connectivity index (χ3v) is 3.42. The van der Waals surface area contributed by atoms with Crippen LogP contribution in [0, 0.1) is 0 Å². The summed E-state index contributed by atoms with van der Waals surface area (Å²) >= 11 is 0. The fourth-order valence-electron chi connectivity index (χ4n) is 1.95. The molecule has 0 aromatic carbocycles. The van der Waals surface area contributed by atoms with Gasteiger partial charge in [0.2, 0.25) is 11.6 Å². The van der Waals surface area contributed by atoms with E-state index in [0.29, 0.717) is 0 Å². The van der Waals surface area contributed by atoms with Crippen LogP contribution < -0.4 is 0 Å². The first-order valence-corrected chi connectivity index (χ1v) is 5.94. The van der Waals surface area contributed by atoms with Crippen molar-refractivity contribution in [2.75, 3.05) is 27.3 Å². The molecule has 0 amide bonds. The lowest BCUT2D eigenvalue weighted by atomic mass is 10.0. The van der Waals surface area contributed by atoms with E-state index >= 15 is 0 Å². The van der Waals surface area contributed by atoms with E-state index in [1.165, 1.54) is 14.2 Å². The Balaban J connectivity index is 3.03. The highest BCUT2D eigenvalue weighted by Crippen LogP contribution is 2.39. The molecule has 1 aliphatic rings. The van der Waals surface area contributed by atoms with Gasteiger partial charge in [-0.3, -0.25) is 0 Å². The van der Waals surface area contributed by atoms with Crippen molar-refractivity contribution in [3.8, 4) is 0 Å². The Morgan fingerprint density at radius 3 is 1.55 bits per heavy atom. The summed E-state index contributed by atoms with van der Waals surface area (Å²) in [6.45, 7) is 3.37.